The van der Waals surface area contributed by atoms with Gasteiger partial charge in [0.15, 0.2) is 0 Å². The quantitative estimate of drug-likeness (QED) is 0.221. The molecular weight excluding hydrogens is 540 g/mol. The molecule has 0 bridgehead atoms. The zero-order valence-corrected chi connectivity index (χ0v) is 28.3. The second-order valence-corrected chi connectivity index (χ2v) is 18.1. The van der Waals surface area contributed by atoms with Crippen molar-refractivity contribution >= 4 is 30.7 Å². The van der Waals surface area contributed by atoms with E-state index in [1.54, 1.807) is 27.0 Å². The lowest BCUT2D eigenvalue weighted by molar-refractivity contribution is -0.124. The van der Waals surface area contributed by atoms with Crippen LogP contribution >= 0.6 is 0 Å². The number of nitrogens with one attached hydrogen (secondary N) is 2. The fraction of sp³-hybridized carbons (Fsp3) is 0.486. The number of hydrogen-bond acceptors (Lipinski definition) is 4. The van der Waals surface area contributed by atoms with Gasteiger partial charge in [0.1, 0.15) is 11.6 Å². The summed E-state index contributed by atoms with van der Waals surface area (Å²) in [4.78, 5) is 25.6. The van der Waals surface area contributed by atoms with Crippen molar-refractivity contribution in [1.29, 1.82) is 0 Å². The van der Waals surface area contributed by atoms with Crippen LogP contribution in [0.5, 0.6) is 0 Å². The molecule has 0 aliphatic carbocycles. The van der Waals surface area contributed by atoms with Gasteiger partial charge in [0.2, 0.25) is 5.91 Å². The first-order valence-electron chi connectivity index (χ1n) is 14.9. The fourth-order valence-electron chi connectivity index (χ4n) is 4.97. The molecule has 0 heterocycles. The van der Waals surface area contributed by atoms with E-state index >= 15 is 0 Å². The van der Waals surface area contributed by atoms with Gasteiger partial charge in [-0.05, 0) is 67.6 Å². The highest BCUT2D eigenvalue weighted by molar-refractivity contribution is 6.99. The van der Waals surface area contributed by atoms with Crippen LogP contribution in [0.1, 0.15) is 82.1 Å². The van der Waals surface area contributed by atoms with Crippen molar-refractivity contribution in [2.24, 2.45) is 5.41 Å². The van der Waals surface area contributed by atoms with Crippen molar-refractivity contribution in [3.63, 3.8) is 0 Å². The van der Waals surface area contributed by atoms with E-state index in [0.29, 0.717) is 6.42 Å². The Morgan fingerprint density at radius 1 is 0.810 bits per heavy atom. The molecule has 0 saturated carbocycles. The number of amides is 2. The number of allylic oxidation sites excluding steroid dienone is 1. The van der Waals surface area contributed by atoms with E-state index in [-0.39, 0.29) is 17.0 Å². The van der Waals surface area contributed by atoms with Crippen LogP contribution in [0, 0.1) is 5.41 Å². The Bertz CT molecular complexity index is 1150. The highest BCUT2D eigenvalue weighted by Gasteiger charge is 2.51. The van der Waals surface area contributed by atoms with Crippen LogP contribution < -0.4 is 21.0 Å². The molecule has 2 atom stereocenters. The van der Waals surface area contributed by atoms with Gasteiger partial charge in [-0.15, -0.1) is 0 Å². The van der Waals surface area contributed by atoms with Crippen molar-refractivity contribution in [1.82, 2.24) is 10.6 Å². The molecule has 2 N–H and O–H groups in total. The Kier molecular flexibility index (Phi) is 12.4. The summed E-state index contributed by atoms with van der Waals surface area (Å²) >= 11 is 0. The zero-order chi connectivity index (χ0) is 31.6. The third-order valence-corrected chi connectivity index (χ3v) is 12.0. The molecule has 0 radical (unpaired) electrons. The van der Waals surface area contributed by atoms with Crippen molar-refractivity contribution in [2.75, 3.05) is 0 Å². The van der Waals surface area contributed by atoms with Crippen molar-refractivity contribution in [2.45, 2.75) is 105 Å². The molecule has 2 amide bonds. The maximum atomic E-state index is 13.2. The smallest absolute Gasteiger partial charge is 0.408 e. The van der Waals surface area contributed by atoms with Crippen LogP contribution in [-0.2, 0) is 14.0 Å². The molecular formula is C35H52N2O4Si. The molecule has 2 aromatic carbocycles. The number of rotatable bonds is 11. The maximum Gasteiger partial charge on any atom is 0.408 e. The van der Waals surface area contributed by atoms with Crippen LogP contribution in [0.4, 0.5) is 4.79 Å². The minimum absolute atomic E-state index is 0.112. The highest BCUT2D eigenvalue weighted by atomic mass is 28.4. The maximum absolute atomic E-state index is 13.2. The third-order valence-electron chi connectivity index (χ3n) is 6.93. The highest BCUT2D eigenvalue weighted by Crippen LogP contribution is 2.38. The van der Waals surface area contributed by atoms with Gasteiger partial charge < -0.3 is 19.8 Å². The summed E-state index contributed by atoms with van der Waals surface area (Å²) in [6.45, 7) is 19.9. The SMILES string of the molecule is C/C=C\C[C@@H](C/C=C\NC(=O)[C@@H](NC(=O)OC(C)(C)C)C(C)(C)C)O[Si](c1ccccc1)(c1ccccc1)C(C)(C)C. The predicted molar refractivity (Wildman–Crippen MR) is 176 cm³/mol. The van der Waals surface area contributed by atoms with Crippen molar-refractivity contribution < 1.29 is 18.8 Å². The van der Waals surface area contributed by atoms with E-state index in [4.69, 9.17) is 9.16 Å². The minimum atomic E-state index is -2.74. The van der Waals surface area contributed by atoms with E-state index in [0.717, 1.165) is 6.42 Å². The first-order chi connectivity index (χ1) is 19.5. The molecule has 6 nitrogen and oxygen atoms in total. The first-order valence-corrected chi connectivity index (χ1v) is 16.8. The van der Waals surface area contributed by atoms with E-state index < -0.39 is 31.5 Å². The summed E-state index contributed by atoms with van der Waals surface area (Å²) in [6, 6.07) is 20.4. The second kappa shape index (κ2) is 14.8. The molecule has 0 aliphatic heterocycles. The van der Waals surface area contributed by atoms with Crippen molar-refractivity contribution in [3.8, 4) is 0 Å². The van der Waals surface area contributed by atoms with Crippen LogP contribution in [0.15, 0.2) is 85.1 Å². The first kappa shape index (κ1) is 35.0. The van der Waals surface area contributed by atoms with Gasteiger partial charge in [-0.2, -0.15) is 0 Å². The Balaban J connectivity index is 2.32. The Labute approximate surface area is 255 Å². The van der Waals surface area contributed by atoms with Gasteiger partial charge in [-0.3, -0.25) is 4.79 Å². The topological polar surface area (TPSA) is 76.7 Å². The van der Waals surface area contributed by atoms with E-state index in [9.17, 15) is 9.59 Å². The third kappa shape index (κ3) is 9.98. The predicted octanol–water partition coefficient (Wildman–Crippen LogP) is 6.86. The van der Waals surface area contributed by atoms with E-state index in [1.165, 1.54) is 10.4 Å². The molecule has 7 heteroatoms. The van der Waals surface area contributed by atoms with Gasteiger partial charge in [0.25, 0.3) is 8.32 Å². The average Bonchev–Trinajstić information content (AvgIpc) is 2.89. The number of benzene rings is 2. The van der Waals surface area contributed by atoms with Crippen LogP contribution in [0.2, 0.25) is 5.04 Å². The summed E-state index contributed by atoms with van der Waals surface area (Å²) < 4.78 is 12.7. The average molecular weight is 593 g/mol. The van der Waals surface area contributed by atoms with Gasteiger partial charge >= 0.3 is 6.09 Å². The molecule has 0 aliphatic rings. The molecule has 0 spiro atoms. The van der Waals surface area contributed by atoms with Crippen LogP contribution in [-0.4, -0.2) is 38.1 Å². The van der Waals surface area contributed by atoms with Crippen LogP contribution in [0.25, 0.3) is 0 Å². The van der Waals surface area contributed by atoms with Gasteiger partial charge in [-0.25, -0.2) is 4.79 Å². The molecule has 2 rings (SSSR count). The van der Waals surface area contributed by atoms with Crippen LogP contribution in [0.3, 0.4) is 0 Å². The summed E-state index contributed by atoms with van der Waals surface area (Å²) in [5.74, 6) is -0.303. The Hall–Kier alpha value is -3.16. The van der Waals surface area contributed by atoms with Gasteiger partial charge in [0.05, 0.1) is 6.10 Å². The van der Waals surface area contributed by atoms with E-state index in [1.807, 2.05) is 52.0 Å². The number of alkyl carbamates (subject to hydrolysis) is 1. The molecule has 230 valence electrons. The second-order valence-electron chi connectivity index (χ2n) is 13.8. The lowest BCUT2D eigenvalue weighted by Gasteiger charge is -2.45. The number of hydrogen-bond donors (Lipinski definition) is 2. The zero-order valence-electron chi connectivity index (χ0n) is 27.3. The molecule has 2 aromatic rings. The van der Waals surface area contributed by atoms with Gasteiger partial charge in [0, 0.05) is 0 Å². The van der Waals surface area contributed by atoms with E-state index in [2.05, 4.69) is 86.0 Å². The fourth-order valence-corrected chi connectivity index (χ4v) is 9.67. The monoisotopic (exact) mass is 592 g/mol. The standard InChI is InChI=1S/C35H52N2O4Si/c1-11-12-20-27(21-19-26-36-31(38)30(33(2,3)4)37-32(39)40-34(5,6)7)41-42(35(8,9)10,28-22-15-13-16-23-28)29-24-17-14-18-25-29/h11-19,22-27,30H,20-21H2,1-10H3,(H,36,38)(H,37,39)/b12-11-,26-19-/t27-,30+/m0/s1. The molecule has 0 saturated heterocycles. The molecule has 0 unspecified atom stereocenters. The van der Waals surface area contributed by atoms with Gasteiger partial charge in [-0.1, -0.05) is 120 Å². The number of ether oxygens (including phenoxy) is 1. The Morgan fingerprint density at radius 2 is 1.31 bits per heavy atom. The lowest BCUT2D eigenvalue weighted by atomic mass is 9.86. The minimum Gasteiger partial charge on any atom is -0.444 e. The lowest BCUT2D eigenvalue weighted by Crippen LogP contribution is -2.67. The van der Waals surface area contributed by atoms with Crippen molar-refractivity contribution in [3.05, 3.63) is 85.1 Å². The summed E-state index contributed by atoms with van der Waals surface area (Å²) in [6.07, 6.45) is 8.40. The summed E-state index contributed by atoms with van der Waals surface area (Å²) in [5.41, 5.74) is -1.17. The summed E-state index contributed by atoms with van der Waals surface area (Å²) in [7, 11) is -2.74. The summed E-state index contributed by atoms with van der Waals surface area (Å²) in [5, 5.41) is 7.93. The largest absolute Gasteiger partial charge is 0.444 e. The number of carbonyl (C=O) groups is 2. The molecule has 0 fully saturated rings. The normalized spacial score (nSPS) is 14.5. The Morgan fingerprint density at radius 3 is 1.74 bits per heavy atom. The number of carbonyl (C=O) groups excluding carboxylic acids is 2. The molecule has 42 heavy (non-hydrogen) atoms. The molecule has 0 aromatic heterocycles.